The zero-order chi connectivity index (χ0) is 20.8. The molecule has 0 aliphatic carbocycles. The van der Waals surface area contributed by atoms with Crippen LogP contribution >= 0.6 is 0 Å². The van der Waals surface area contributed by atoms with Gasteiger partial charge in [-0.25, -0.2) is 4.79 Å². The number of nitrogens with zero attached hydrogens (tertiary/aromatic N) is 4. The van der Waals surface area contributed by atoms with Gasteiger partial charge in [-0.05, 0) is 55.9 Å². The Balaban J connectivity index is 1.21. The van der Waals surface area contributed by atoms with Crippen LogP contribution in [0.15, 0.2) is 24.3 Å². The van der Waals surface area contributed by atoms with E-state index < -0.39 is 0 Å². The highest BCUT2D eigenvalue weighted by Gasteiger charge is 2.28. The molecule has 162 valence electrons. The number of amides is 2. The van der Waals surface area contributed by atoms with Gasteiger partial charge in [-0.3, -0.25) is 4.90 Å². The van der Waals surface area contributed by atoms with Gasteiger partial charge in [0.25, 0.3) is 0 Å². The maximum absolute atomic E-state index is 12.9. The normalized spacial score (nSPS) is 23.8. The first kappa shape index (κ1) is 21.0. The fourth-order valence-electron chi connectivity index (χ4n) is 4.84. The van der Waals surface area contributed by atoms with Crippen molar-refractivity contribution in [3.8, 4) is 6.07 Å². The van der Waals surface area contributed by atoms with Crippen molar-refractivity contribution in [2.45, 2.75) is 31.7 Å². The number of carbonyl (C=O) groups excluding carboxylic acids is 1. The van der Waals surface area contributed by atoms with Gasteiger partial charge in [-0.1, -0.05) is 0 Å². The SMILES string of the molecule is N#Cc1ccc(N2CCC(NC(=O)N3CCCC(CN4CCOCC4)C3)CC2)cc1. The standard InChI is InChI=1S/C23H33N5O2/c24-16-19-3-5-22(6-4-19)27-10-7-21(8-11-27)25-23(29)28-9-1-2-20(18-28)17-26-12-14-30-15-13-26/h3-6,20-21H,1-2,7-15,17-18H2,(H,25,29). The summed E-state index contributed by atoms with van der Waals surface area (Å²) in [5.41, 5.74) is 1.84. The van der Waals surface area contributed by atoms with Crippen molar-refractivity contribution in [3.05, 3.63) is 29.8 Å². The maximum Gasteiger partial charge on any atom is 0.317 e. The Morgan fingerprint density at radius 3 is 2.50 bits per heavy atom. The zero-order valence-corrected chi connectivity index (χ0v) is 17.8. The van der Waals surface area contributed by atoms with Crippen molar-refractivity contribution >= 4 is 11.7 Å². The minimum atomic E-state index is 0.110. The molecule has 1 aromatic rings. The second-order valence-electron chi connectivity index (χ2n) is 8.74. The van der Waals surface area contributed by atoms with Gasteiger partial charge in [0.1, 0.15) is 0 Å². The molecule has 1 unspecified atom stereocenters. The van der Waals surface area contributed by atoms with E-state index in [-0.39, 0.29) is 12.1 Å². The molecule has 0 saturated carbocycles. The number of nitriles is 1. The van der Waals surface area contributed by atoms with Crippen LogP contribution in [0.25, 0.3) is 0 Å². The van der Waals surface area contributed by atoms with E-state index in [4.69, 9.17) is 10.00 Å². The molecule has 1 atom stereocenters. The molecule has 2 amide bonds. The van der Waals surface area contributed by atoms with Crippen molar-refractivity contribution in [3.63, 3.8) is 0 Å². The molecule has 0 spiro atoms. The van der Waals surface area contributed by atoms with Crippen LogP contribution in [0.2, 0.25) is 0 Å². The molecular weight excluding hydrogens is 378 g/mol. The lowest BCUT2D eigenvalue weighted by Crippen LogP contribution is -2.52. The second kappa shape index (κ2) is 10.1. The van der Waals surface area contributed by atoms with Crippen molar-refractivity contribution in [2.75, 3.05) is 63.9 Å². The summed E-state index contributed by atoms with van der Waals surface area (Å²) in [6, 6.07) is 10.3. The molecule has 3 saturated heterocycles. The molecule has 3 aliphatic heterocycles. The molecule has 3 heterocycles. The van der Waals surface area contributed by atoms with Crippen molar-refractivity contribution < 1.29 is 9.53 Å². The first-order valence-electron chi connectivity index (χ1n) is 11.3. The van der Waals surface area contributed by atoms with Crippen LogP contribution in [0.5, 0.6) is 0 Å². The third-order valence-electron chi connectivity index (χ3n) is 6.61. The molecule has 1 aromatic carbocycles. The van der Waals surface area contributed by atoms with Crippen LogP contribution in [-0.2, 0) is 4.74 Å². The first-order chi connectivity index (χ1) is 14.7. The Labute approximate surface area is 179 Å². The zero-order valence-electron chi connectivity index (χ0n) is 17.8. The fourth-order valence-corrected chi connectivity index (χ4v) is 4.84. The van der Waals surface area contributed by atoms with E-state index in [0.717, 1.165) is 84.0 Å². The number of carbonyl (C=O) groups is 1. The average molecular weight is 412 g/mol. The summed E-state index contributed by atoms with van der Waals surface area (Å²) in [5.74, 6) is 0.570. The highest BCUT2D eigenvalue weighted by Crippen LogP contribution is 2.22. The highest BCUT2D eigenvalue weighted by atomic mass is 16.5. The Morgan fingerprint density at radius 1 is 1.07 bits per heavy atom. The monoisotopic (exact) mass is 411 g/mol. The Kier molecular flexibility index (Phi) is 7.08. The van der Waals surface area contributed by atoms with E-state index in [1.54, 1.807) is 0 Å². The smallest absolute Gasteiger partial charge is 0.317 e. The molecule has 1 N–H and O–H groups in total. The van der Waals surface area contributed by atoms with E-state index in [0.29, 0.717) is 11.5 Å². The van der Waals surface area contributed by atoms with Crippen LogP contribution < -0.4 is 10.2 Å². The van der Waals surface area contributed by atoms with E-state index >= 15 is 0 Å². The molecule has 4 rings (SSSR count). The molecule has 7 heteroatoms. The number of hydrogen-bond acceptors (Lipinski definition) is 5. The fraction of sp³-hybridized carbons (Fsp3) is 0.652. The van der Waals surface area contributed by atoms with Crippen LogP contribution in [0, 0.1) is 17.2 Å². The second-order valence-corrected chi connectivity index (χ2v) is 8.74. The molecule has 7 nitrogen and oxygen atoms in total. The topological polar surface area (TPSA) is 71.8 Å². The summed E-state index contributed by atoms with van der Waals surface area (Å²) in [5, 5.41) is 12.2. The van der Waals surface area contributed by atoms with E-state index in [1.165, 1.54) is 6.42 Å². The third kappa shape index (κ3) is 5.44. The van der Waals surface area contributed by atoms with Crippen LogP contribution in [0.4, 0.5) is 10.5 Å². The maximum atomic E-state index is 12.9. The lowest BCUT2D eigenvalue weighted by molar-refractivity contribution is 0.0248. The number of benzene rings is 1. The van der Waals surface area contributed by atoms with Crippen molar-refractivity contribution in [2.24, 2.45) is 5.92 Å². The number of hydrogen-bond donors (Lipinski definition) is 1. The first-order valence-corrected chi connectivity index (χ1v) is 11.3. The van der Waals surface area contributed by atoms with E-state index in [2.05, 4.69) is 21.2 Å². The number of ether oxygens (including phenoxy) is 1. The van der Waals surface area contributed by atoms with Crippen LogP contribution in [0.3, 0.4) is 0 Å². The summed E-state index contributed by atoms with van der Waals surface area (Å²) in [7, 11) is 0. The van der Waals surface area contributed by atoms with Gasteiger partial charge in [0.15, 0.2) is 0 Å². The van der Waals surface area contributed by atoms with Crippen molar-refractivity contribution in [1.82, 2.24) is 15.1 Å². The van der Waals surface area contributed by atoms with Gasteiger partial charge in [-0.2, -0.15) is 5.26 Å². The largest absolute Gasteiger partial charge is 0.379 e. The van der Waals surface area contributed by atoms with E-state index in [1.807, 2.05) is 29.2 Å². The van der Waals surface area contributed by atoms with Crippen molar-refractivity contribution in [1.29, 1.82) is 5.26 Å². The third-order valence-corrected chi connectivity index (χ3v) is 6.61. The average Bonchev–Trinajstić information content (AvgIpc) is 2.80. The van der Waals surface area contributed by atoms with Gasteiger partial charge in [0.05, 0.1) is 24.8 Å². The summed E-state index contributed by atoms with van der Waals surface area (Å²) in [4.78, 5) is 19.7. The van der Waals surface area contributed by atoms with Gasteiger partial charge in [0.2, 0.25) is 0 Å². The number of piperidine rings is 2. The Bertz CT molecular complexity index is 733. The summed E-state index contributed by atoms with van der Waals surface area (Å²) < 4.78 is 5.45. The number of morpholine rings is 1. The molecule has 0 aromatic heterocycles. The number of likely N-dealkylation sites (tertiary alicyclic amines) is 1. The number of rotatable bonds is 4. The van der Waals surface area contributed by atoms with Gasteiger partial charge >= 0.3 is 6.03 Å². The predicted molar refractivity (Wildman–Crippen MR) is 116 cm³/mol. The number of nitrogens with one attached hydrogen (secondary N) is 1. The van der Waals surface area contributed by atoms with Crippen LogP contribution in [-0.4, -0.2) is 80.9 Å². The molecule has 0 radical (unpaired) electrons. The summed E-state index contributed by atoms with van der Waals surface area (Å²) in [6.07, 6.45) is 4.22. The summed E-state index contributed by atoms with van der Waals surface area (Å²) >= 11 is 0. The minimum absolute atomic E-state index is 0.110. The molecular formula is C23H33N5O2. The quantitative estimate of drug-likeness (QED) is 0.823. The van der Waals surface area contributed by atoms with Crippen LogP contribution in [0.1, 0.15) is 31.2 Å². The van der Waals surface area contributed by atoms with Gasteiger partial charge < -0.3 is 19.9 Å². The number of anilines is 1. The molecule has 3 aliphatic rings. The van der Waals surface area contributed by atoms with Gasteiger partial charge in [-0.15, -0.1) is 0 Å². The molecule has 3 fully saturated rings. The lowest BCUT2D eigenvalue weighted by atomic mass is 9.97. The van der Waals surface area contributed by atoms with Gasteiger partial charge in [0, 0.05) is 57.5 Å². The predicted octanol–water partition coefficient (Wildman–Crippen LogP) is 2.28. The lowest BCUT2D eigenvalue weighted by Gasteiger charge is -2.38. The highest BCUT2D eigenvalue weighted by molar-refractivity contribution is 5.74. The Hall–Kier alpha value is -2.30. The minimum Gasteiger partial charge on any atom is -0.379 e. The molecule has 0 bridgehead atoms. The summed E-state index contributed by atoms with van der Waals surface area (Å²) in [6.45, 7) is 8.36. The Morgan fingerprint density at radius 2 is 1.80 bits per heavy atom. The number of urea groups is 1. The van der Waals surface area contributed by atoms with E-state index in [9.17, 15) is 4.79 Å². The molecule has 30 heavy (non-hydrogen) atoms.